The molecule has 3 aromatic rings. The van der Waals surface area contributed by atoms with Crippen LogP contribution >= 0.6 is 11.6 Å². The number of hydrogen-bond donors (Lipinski definition) is 1. The predicted molar refractivity (Wildman–Crippen MR) is 142 cm³/mol. The lowest BCUT2D eigenvalue weighted by molar-refractivity contribution is -0.118. The van der Waals surface area contributed by atoms with E-state index >= 15 is 0 Å². The lowest BCUT2D eigenvalue weighted by Gasteiger charge is -2.42. The molecule has 1 unspecified atom stereocenters. The van der Waals surface area contributed by atoms with Crippen LogP contribution in [0.1, 0.15) is 55.1 Å². The SMILES string of the molecule is CC1(C=O)Cn2c(ccc2-c2ccccc2)C(=O)N1Cc1ccccc1Cl.CNC1CCCCC1. The summed E-state index contributed by atoms with van der Waals surface area (Å²) in [5.74, 6) is -0.169. The number of carbonyl (C=O) groups is 2. The van der Waals surface area contributed by atoms with Crippen molar-refractivity contribution in [2.75, 3.05) is 7.05 Å². The van der Waals surface area contributed by atoms with Gasteiger partial charge in [0.15, 0.2) is 0 Å². The van der Waals surface area contributed by atoms with E-state index in [2.05, 4.69) is 12.4 Å². The highest BCUT2D eigenvalue weighted by atomic mass is 35.5. The van der Waals surface area contributed by atoms with Crippen LogP contribution < -0.4 is 5.32 Å². The van der Waals surface area contributed by atoms with E-state index in [1.54, 1.807) is 17.9 Å². The molecule has 35 heavy (non-hydrogen) atoms. The molecule has 0 bridgehead atoms. The van der Waals surface area contributed by atoms with Gasteiger partial charge in [-0.05, 0) is 56.1 Å². The Bertz CT molecular complexity index is 1150. The smallest absolute Gasteiger partial charge is 0.271 e. The van der Waals surface area contributed by atoms with Crippen molar-refractivity contribution in [3.63, 3.8) is 0 Å². The summed E-state index contributed by atoms with van der Waals surface area (Å²) >= 11 is 6.28. The highest BCUT2D eigenvalue weighted by Crippen LogP contribution is 2.33. The monoisotopic (exact) mass is 491 g/mol. The molecule has 5 rings (SSSR count). The average Bonchev–Trinajstić information content (AvgIpc) is 3.32. The third-order valence-electron chi connectivity index (χ3n) is 7.16. The van der Waals surface area contributed by atoms with Gasteiger partial charge in [-0.2, -0.15) is 0 Å². The molecule has 184 valence electrons. The minimum Gasteiger partial charge on any atom is -0.334 e. The van der Waals surface area contributed by atoms with Gasteiger partial charge in [0.2, 0.25) is 0 Å². The van der Waals surface area contributed by atoms with Gasteiger partial charge in [-0.3, -0.25) is 4.79 Å². The number of nitrogens with one attached hydrogen (secondary N) is 1. The summed E-state index contributed by atoms with van der Waals surface area (Å²) in [5, 5.41) is 3.89. The average molecular weight is 492 g/mol. The van der Waals surface area contributed by atoms with Gasteiger partial charge in [-0.25, -0.2) is 0 Å². The Morgan fingerprint density at radius 1 is 0.971 bits per heavy atom. The van der Waals surface area contributed by atoms with Crippen LogP contribution in [0.15, 0.2) is 66.7 Å². The van der Waals surface area contributed by atoms with Crippen molar-refractivity contribution in [2.24, 2.45) is 0 Å². The number of halogens is 1. The number of carbonyl (C=O) groups excluding carboxylic acids is 2. The number of amides is 1. The van der Waals surface area contributed by atoms with Crippen LogP contribution in [-0.4, -0.2) is 40.3 Å². The topological polar surface area (TPSA) is 54.3 Å². The highest BCUT2D eigenvalue weighted by Gasteiger charge is 2.42. The van der Waals surface area contributed by atoms with Gasteiger partial charge < -0.3 is 19.6 Å². The molecule has 2 aromatic carbocycles. The van der Waals surface area contributed by atoms with Gasteiger partial charge in [0.25, 0.3) is 5.91 Å². The van der Waals surface area contributed by atoms with Gasteiger partial charge in [-0.1, -0.05) is 79.4 Å². The Morgan fingerprint density at radius 2 is 1.63 bits per heavy atom. The molecular weight excluding hydrogens is 458 g/mol. The molecule has 1 N–H and O–H groups in total. The molecule has 5 nitrogen and oxygen atoms in total. The minimum absolute atomic E-state index is 0.169. The zero-order valence-electron chi connectivity index (χ0n) is 20.5. The summed E-state index contributed by atoms with van der Waals surface area (Å²) in [5.41, 5.74) is 2.41. The van der Waals surface area contributed by atoms with Crippen molar-refractivity contribution >= 4 is 23.8 Å². The second-order valence-corrected chi connectivity index (χ2v) is 10.0. The van der Waals surface area contributed by atoms with Crippen LogP contribution in [0.25, 0.3) is 11.3 Å². The molecule has 2 aliphatic rings. The van der Waals surface area contributed by atoms with Gasteiger partial charge in [0.05, 0.1) is 6.54 Å². The summed E-state index contributed by atoms with van der Waals surface area (Å²) in [6, 6.07) is 21.9. The molecule has 2 heterocycles. The van der Waals surface area contributed by atoms with Crippen LogP contribution in [0.5, 0.6) is 0 Å². The van der Waals surface area contributed by atoms with Gasteiger partial charge in [0, 0.05) is 23.3 Å². The molecule has 0 spiro atoms. The molecular formula is C29H34ClN3O2. The molecule has 1 amide bonds. The fraction of sp³-hybridized carbons (Fsp3) is 0.379. The first-order valence-corrected chi connectivity index (χ1v) is 12.8. The van der Waals surface area contributed by atoms with Crippen LogP contribution in [-0.2, 0) is 17.9 Å². The zero-order valence-corrected chi connectivity index (χ0v) is 21.3. The van der Waals surface area contributed by atoms with Gasteiger partial charge >= 0.3 is 0 Å². The second kappa shape index (κ2) is 11.2. The van der Waals surface area contributed by atoms with Crippen LogP contribution in [0.3, 0.4) is 0 Å². The van der Waals surface area contributed by atoms with Crippen LogP contribution in [0, 0.1) is 0 Å². The molecule has 1 atom stereocenters. The van der Waals surface area contributed by atoms with Gasteiger partial charge in [0.1, 0.15) is 17.5 Å². The fourth-order valence-corrected chi connectivity index (χ4v) is 5.20. The molecule has 0 saturated heterocycles. The van der Waals surface area contributed by atoms with E-state index in [-0.39, 0.29) is 5.91 Å². The van der Waals surface area contributed by atoms with E-state index in [9.17, 15) is 9.59 Å². The highest BCUT2D eigenvalue weighted by molar-refractivity contribution is 6.31. The van der Waals surface area contributed by atoms with Crippen molar-refractivity contribution in [3.8, 4) is 11.3 Å². The Balaban J connectivity index is 0.000000308. The molecule has 1 fully saturated rings. The maximum atomic E-state index is 13.3. The number of benzene rings is 2. The lowest BCUT2D eigenvalue weighted by atomic mass is 9.96. The minimum atomic E-state index is -0.953. The van der Waals surface area contributed by atoms with Crippen molar-refractivity contribution in [3.05, 3.63) is 83.0 Å². The quantitative estimate of drug-likeness (QED) is 0.448. The number of aromatic nitrogens is 1. The third kappa shape index (κ3) is 5.52. The van der Waals surface area contributed by atoms with E-state index in [1.165, 1.54) is 32.1 Å². The predicted octanol–water partition coefficient (Wildman–Crippen LogP) is 5.96. The van der Waals surface area contributed by atoms with E-state index in [0.29, 0.717) is 23.8 Å². The molecule has 1 aliphatic heterocycles. The first-order valence-electron chi connectivity index (χ1n) is 12.4. The first kappa shape index (κ1) is 25.2. The number of nitrogens with zero attached hydrogens (tertiary/aromatic N) is 2. The molecule has 1 aliphatic carbocycles. The largest absolute Gasteiger partial charge is 0.334 e. The summed E-state index contributed by atoms with van der Waals surface area (Å²) < 4.78 is 1.94. The Kier molecular flexibility index (Phi) is 8.09. The van der Waals surface area contributed by atoms with Crippen LogP contribution in [0.2, 0.25) is 5.02 Å². The standard InChI is InChI=1S/C22H19ClN2O2.C7H15N/c1-22(15-26)14-24-19(16-7-3-2-4-8-16)11-12-20(24)21(27)25(22)13-17-9-5-6-10-18(17)23;1-8-7-5-3-2-4-6-7/h2-12,15H,13-14H2,1H3;7-8H,2-6H2,1H3. The molecule has 1 saturated carbocycles. The van der Waals surface area contributed by atoms with E-state index in [1.807, 2.05) is 65.2 Å². The maximum Gasteiger partial charge on any atom is 0.271 e. The fourth-order valence-electron chi connectivity index (χ4n) is 5.00. The molecule has 0 radical (unpaired) electrons. The molecule has 6 heteroatoms. The van der Waals surface area contributed by atoms with Crippen molar-refractivity contribution < 1.29 is 9.59 Å². The summed E-state index contributed by atoms with van der Waals surface area (Å²) in [7, 11) is 2.07. The maximum absolute atomic E-state index is 13.3. The lowest BCUT2D eigenvalue weighted by Crippen LogP contribution is -2.57. The van der Waals surface area contributed by atoms with Crippen LogP contribution in [0.4, 0.5) is 0 Å². The van der Waals surface area contributed by atoms with Crippen molar-refractivity contribution in [1.82, 2.24) is 14.8 Å². The number of rotatable bonds is 5. The summed E-state index contributed by atoms with van der Waals surface area (Å²) in [6.07, 6.45) is 7.99. The first-order chi connectivity index (χ1) is 17.0. The Morgan fingerprint density at radius 3 is 2.26 bits per heavy atom. The Hall–Kier alpha value is -2.89. The van der Waals surface area contributed by atoms with E-state index in [4.69, 9.17) is 11.6 Å². The van der Waals surface area contributed by atoms with Gasteiger partial charge in [-0.15, -0.1) is 0 Å². The Labute approximate surface area is 213 Å². The summed E-state index contributed by atoms with van der Waals surface area (Å²) in [6.45, 7) is 2.49. The number of hydrogen-bond acceptors (Lipinski definition) is 3. The normalized spacial score (nSPS) is 20.1. The second-order valence-electron chi connectivity index (χ2n) is 9.64. The number of fused-ring (bicyclic) bond motifs is 1. The number of aldehydes is 1. The zero-order chi connectivity index (χ0) is 24.8. The molecule has 1 aromatic heterocycles. The van der Waals surface area contributed by atoms with Crippen molar-refractivity contribution in [2.45, 2.75) is 63.7 Å². The van der Waals surface area contributed by atoms with E-state index < -0.39 is 5.54 Å². The summed E-state index contributed by atoms with van der Waals surface area (Å²) in [4.78, 5) is 26.9. The van der Waals surface area contributed by atoms with Crippen molar-refractivity contribution in [1.29, 1.82) is 0 Å². The third-order valence-corrected chi connectivity index (χ3v) is 7.53. The van der Waals surface area contributed by atoms with E-state index in [0.717, 1.165) is 29.1 Å².